The molecule has 0 spiro atoms. The van der Waals surface area contributed by atoms with E-state index in [1.807, 2.05) is 0 Å². The molecule has 0 aliphatic carbocycles. The molecule has 0 amide bonds. The Morgan fingerprint density at radius 3 is 2.89 bits per heavy atom. The molecule has 0 aliphatic rings. The standard InChI is InChI=1S/C10H8N4O3S/c11-6-9-10(2-1-4-12-9)18(15,16)14-7-8-3-5-13-17-8/h1-5,14H,7H2. The van der Waals surface area contributed by atoms with Crippen LogP contribution in [0.5, 0.6) is 0 Å². The molecule has 0 aliphatic heterocycles. The zero-order valence-electron chi connectivity index (χ0n) is 9.07. The highest BCUT2D eigenvalue weighted by molar-refractivity contribution is 7.89. The molecule has 0 saturated heterocycles. The van der Waals surface area contributed by atoms with Crippen LogP contribution in [0, 0.1) is 11.3 Å². The van der Waals surface area contributed by atoms with Crippen LogP contribution in [0.3, 0.4) is 0 Å². The number of nitriles is 1. The normalized spacial score (nSPS) is 11.1. The predicted octanol–water partition coefficient (Wildman–Crippen LogP) is 0.420. The van der Waals surface area contributed by atoms with Crippen molar-refractivity contribution in [3.05, 3.63) is 42.0 Å². The van der Waals surface area contributed by atoms with E-state index in [9.17, 15) is 8.42 Å². The van der Waals surface area contributed by atoms with Crippen LogP contribution in [0.2, 0.25) is 0 Å². The van der Waals surface area contributed by atoms with Crippen molar-refractivity contribution in [2.45, 2.75) is 11.4 Å². The van der Waals surface area contributed by atoms with Gasteiger partial charge < -0.3 is 4.52 Å². The molecule has 0 saturated carbocycles. The van der Waals surface area contributed by atoms with E-state index in [0.717, 1.165) is 0 Å². The number of sulfonamides is 1. The Morgan fingerprint density at radius 2 is 2.22 bits per heavy atom. The van der Waals surface area contributed by atoms with Gasteiger partial charge in [0.15, 0.2) is 11.5 Å². The summed E-state index contributed by atoms with van der Waals surface area (Å²) >= 11 is 0. The predicted molar refractivity (Wildman–Crippen MR) is 59.5 cm³/mol. The minimum absolute atomic E-state index is 0.0396. The van der Waals surface area contributed by atoms with Crippen LogP contribution in [-0.4, -0.2) is 18.6 Å². The number of pyridine rings is 1. The average Bonchev–Trinajstić information content (AvgIpc) is 2.89. The van der Waals surface area contributed by atoms with Gasteiger partial charge in [0, 0.05) is 12.3 Å². The monoisotopic (exact) mass is 264 g/mol. The molecule has 7 nitrogen and oxygen atoms in total. The molecule has 0 atom stereocenters. The maximum atomic E-state index is 11.9. The number of rotatable bonds is 4. The van der Waals surface area contributed by atoms with Gasteiger partial charge in [-0.3, -0.25) is 0 Å². The zero-order valence-corrected chi connectivity index (χ0v) is 9.88. The number of hydrogen-bond acceptors (Lipinski definition) is 6. The lowest BCUT2D eigenvalue weighted by atomic mass is 10.4. The first-order valence-corrected chi connectivity index (χ1v) is 6.36. The van der Waals surface area contributed by atoms with Crippen molar-refractivity contribution in [1.29, 1.82) is 5.26 Å². The fourth-order valence-corrected chi connectivity index (χ4v) is 2.37. The van der Waals surface area contributed by atoms with Crippen molar-refractivity contribution in [3.63, 3.8) is 0 Å². The Balaban J connectivity index is 2.23. The molecule has 0 aromatic carbocycles. The van der Waals surface area contributed by atoms with Gasteiger partial charge in [-0.05, 0) is 12.1 Å². The summed E-state index contributed by atoms with van der Waals surface area (Å²) in [5.41, 5.74) is -0.150. The van der Waals surface area contributed by atoms with Crippen LogP contribution in [0.4, 0.5) is 0 Å². The summed E-state index contributed by atoms with van der Waals surface area (Å²) in [5, 5.41) is 12.3. The van der Waals surface area contributed by atoms with Crippen molar-refractivity contribution < 1.29 is 12.9 Å². The third kappa shape index (κ3) is 2.53. The van der Waals surface area contributed by atoms with E-state index in [4.69, 9.17) is 9.78 Å². The Labute approximate surface area is 103 Å². The van der Waals surface area contributed by atoms with Crippen molar-refractivity contribution >= 4 is 10.0 Å². The lowest BCUT2D eigenvalue weighted by Crippen LogP contribution is -2.24. The van der Waals surface area contributed by atoms with Crippen molar-refractivity contribution in [1.82, 2.24) is 14.9 Å². The number of nitrogens with one attached hydrogen (secondary N) is 1. The number of aromatic nitrogens is 2. The minimum atomic E-state index is -3.80. The van der Waals surface area contributed by atoms with Crippen LogP contribution >= 0.6 is 0 Å². The van der Waals surface area contributed by atoms with Crippen molar-refractivity contribution in [2.24, 2.45) is 0 Å². The third-order valence-corrected chi connectivity index (χ3v) is 3.53. The second kappa shape index (κ2) is 4.95. The molecule has 2 aromatic rings. The summed E-state index contributed by atoms with van der Waals surface area (Å²) in [6.45, 7) is -0.0396. The number of nitrogens with zero attached hydrogens (tertiary/aromatic N) is 3. The summed E-state index contributed by atoms with van der Waals surface area (Å²) in [6, 6.07) is 6.03. The second-order valence-corrected chi connectivity index (χ2v) is 5.00. The fraction of sp³-hybridized carbons (Fsp3) is 0.100. The maximum absolute atomic E-state index is 11.9. The molecule has 8 heteroatoms. The number of hydrogen-bond donors (Lipinski definition) is 1. The lowest BCUT2D eigenvalue weighted by Gasteiger charge is -2.05. The summed E-state index contributed by atoms with van der Waals surface area (Å²) in [6.07, 6.45) is 2.77. The molecule has 92 valence electrons. The van der Waals surface area contributed by atoms with Crippen LogP contribution in [0.25, 0.3) is 0 Å². The molecular weight excluding hydrogens is 256 g/mol. The van der Waals surface area contributed by atoms with Crippen molar-refractivity contribution in [3.8, 4) is 6.07 Å². The minimum Gasteiger partial charge on any atom is -0.360 e. The average molecular weight is 264 g/mol. The van der Waals surface area contributed by atoms with Crippen molar-refractivity contribution in [2.75, 3.05) is 0 Å². The van der Waals surface area contributed by atoms with Gasteiger partial charge >= 0.3 is 0 Å². The molecule has 2 rings (SSSR count). The maximum Gasteiger partial charge on any atom is 0.243 e. The van der Waals surface area contributed by atoms with E-state index in [1.54, 1.807) is 6.07 Å². The summed E-state index contributed by atoms with van der Waals surface area (Å²) < 4.78 is 30.9. The third-order valence-electron chi connectivity index (χ3n) is 2.09. The van der Waals surface area contributed by atoms with Gasteiger partial charge in [-0.1, -0.05) is 5.16 Å². The van der Waals surface area contributed by atoms with E-state index < -0.39 is 10.0 Å². The van der Waals surface area contributed by atoms with Gasteiger partial charge in [-0.2, -0.15) is 5.26 Å². The largest absolute Gasteiger partial charge is 0.360 e. The van der Waals surface area contributed by atoms with E-state index >= 15 is 0 Å². The van der Waals surface area contributed by atoms with E-state index in [-0.39, 0.29) is 17.1 Å². The Bertz CT molecular complexity index is 673. The SMILES string of the molecule is N#Cc1ncccc1S(=O)(=O)NCc1ccno1. The summed E-state index contributed by atoms with van der Waals surface area (Å²) in [5.74, 6) is 0.376. The first-order chi connectivity index (χ1) is 8.63. The van der Waals surface area contributed by atoms with Gasteiger partial charge in [0.05, 0.1) is 12.7 Å². The lowest BCUT2D eigenvalue weighted by molar-refractivity contribution is 0.380. The van der Waals surface area contributed by atoms with Crippen LogP contribution < -0.4 is 4.72 Å². The Kier molecular flexibility index (Phi) is 3.36. The highest BCUT2D eigenvalue weighted by atomic mass is 32.2. The molecule has 0 fully saturated rings. The Morgan fingerprint density at radius 1 is 1.39 bits per heavy atom. The molecule has 0 bridgehead atoms. The molecule has 0 radical (unpaired) electrons. The summed E-state index contributed by atoms with van der Waals surface area (Å²) in [7, 11) is -3.80. The highest BCUT2D eigenvalue weighted by Gasteiger charge is 2.19. The topological polar surface area (TPSA) is 109 Å². The van der Waals surface area contributed by atoms with Gasteiger partial charge in [0.25, 0.3) is 0 Å². The molecule has 1 N–H and O–H groups in total. The summed E-state index contributed by atoms with van der Waals surface area (Å²) in [4.78, 5) is 3.53. The fourth-order valence-electron chi connectivity index (χ4n) is 1.27. The van der Waals surface area contributed by atoms with Crippen LogP contribution in [-0.2, 0) is 16.6 Å². The first kappa shape index (κ1) is 12.2. The van der Waals surface area contributed by atoms with E-state index in [2.05, 4.69) is 14.9 Å². The van der Waals surface area contributed by atoms with Crippen LogP contribution in [0.15, 0.2) is 40.0 Å². The van der Waals surface area contributed by atoms with Gasteiger partial charge in [-0.15, -0.1) is 0 Å². The second-order valence-electron chi connectivity index (χ2n) is 3.27. The van der Waals surface area contributed by atoms with E-state index in [0.29, 0.717) is 5.76 Å². The Hall–Kier alpha value is -2.24. The molecule has 2 aromatic heterocycles. The first-order valence-electron chi connectivity index (χ1n) is 4.88. The van der Waals surface area contributed by atoms with Gasteiger partial charge in [0.1, 0.15) is 11.0 Å². The zero-order chi connectivity index (χ0) is 13.0. The van der Waals surface area contributed by atoms with Gasteiger partial charge in [0.2, 0.25) is 10.0 Å². The molecule has 2 heterocycles. The van der Waals surface area contributed by atoms with Gasteiger partial charge in [-0.25, -0.2) is 18.1 Å². The molecular formula is C10H8N4O3S. The smallest absolute Gasteiger partial charge is 0.243 e. The molecule has 0 unspecified atom stereocenters. The van der Waals surface area contributed by atoms with E-state index in [1.165, 1.54) is 30.6 Å². The molecule has 18 heavy (non-hydrogen) atoms. The quantitative estimate of drug-likeness (QED) is 0.857. The highest BCUT2D eigenvalue weighted by Crippen LogP contribution is 2.12. The van der Waals surface area contributed by atoms with Crippen LogP contribution in [0.1, 0.15) is 11.5 Å².